The first-order chi connectivity index (χ1) is 20.0. The minimum Gasteiger partial charge on any atom is -0.508 e. The van der Waals surface area contributed by atoms with Gasteiger partial charge in [-0.1, -0.05) is 56.2 Å². The molecule has 1 N–H and O–H groups in total. The summed E-state index contributed by atoms with van der Waals surface area (Å²) in [6.45, 7) is 11.6. The van der Waals surface area contributed by atoms with Crippen LogP contribution in [0.4, 0.5) is 0 Å². The standard InChI is InChI=1S/C35H46N2O4/c1-4-19-37-21-18-35-27-16-17-28(36(5-2)20-12-7-6-9-13-25-14-10-8-11-15-25)34(35)41-33-31(40-24(3)38)23-30(39)26(32(33)35)22-29(27)37/h4,8,10-11,14-15,23,27-29,34,39H,1,5-7,9,12-13,16-22H2,2-3H3/t27-,28-,29+,34-,35-/m0/s1. The van der Waals surface area contributed by atoms with Crippen LogP contribution in [0.1, 0.15) is 75.5 Å². The number of likely N-dealkylation sites (N-methyl/N-ethyl adjacent to an activating group) is 1. The number of aryl methyl sites for hydroxylation is 1. The summed E-state index contributed by atoms with van der Waals surface area (Å²) in [5, 5.41) is 11.2. The smallest absolute Gasteiger partial charge is 0.308 e. The second-order valence-electron chi connectivity index (χ2n) is 12.6. The zero-order valence-electron chi connectivity index (χ0n) is 24.8. The van der Waals surface area contributed by atoms with Crippen LogP contribution < -0.4 is 9.47 Å². The number of aromatic hydroxyl groups is 1. The van der Waals surface area contributed by atoms with Crippen LogP contribution in [0.15, 0.2) is 49.1 Å². The summed E-state index contributed by atoms with van der Waals surface area (Å²) in [6, 6.07) is 13.1. The summed E-state index contributed by atoms with van der Waals surface area (Å²) < 4.78 is 12.6. The number of nitrogens with zero attached hydrogens (tertiary/aromatic N) is 2. The van der Waals surface area contributed by atoms with Gasteiger partial charge in [-0.3, -0.25) is 14.6 Å². The maximum Gasteiger partial charge on any atom is 0.308 e. The molecule has 2 aromatic rings. The average molecular weight is 559 g/mol. The van der Waals surface area contributed by atoms with Crippen molar-refractivity contribution in [3.05, 3.63) is 65.7 Å². The van der Waals surface area contributed by atoms with Gasteiger partial charge in [0, 0.05) is 48.2 Å². The molecular weight excluding hydrogens is 512 g/mol. The summed E-state index contributed by atoms with van der Waals surface area (Å²) in [4.78, 5) is 17.3. The number of phenolic OH excluding ortho intramolecular Hbond substituents is 1. The lowest BCUT2D eigenvalue weighted by atomic mass is 9.50. The number of esters is 1. The molecule has 2 heterocycles. The second-order valence-corrected chi connectivity index (χ2v) is 12.6. The van der Waals surface area contributed by atoms with Crippen molar-refractivity contribution in [3.8, 4) is 17.2 Å². The zero-order chi connectivity index (χ0) is 28.6. The lowest BCUT2D eigenvalue weighted by molar-refractivity contribution is -0.132. The topological polar surface area (TPSA) is 62.2 Å². The van der Waals surface area contributed by atoms with Crippen molar-refractivity contribution in [2.24, 2.45) is 5.92 Å². The summed E-state index contributed by atoms with van der Waals surface area (Å²) in [5.41, 5.74) is 3.40. The van der Waals surface area contributed by atoms with Gasteiger partial charge in [0.1, 0.15) is 11.9 Å². The van der Waals surface area contributed by atoms with Crippen LogP contribution in [-0.4, -0.2) is 65.2 Å². The first-order valence-electron chi connectivity index (χ1n) is 15.8. The highest BCUT2D eigenvalue weighted by Crippen LogP contribution is 2.65. The number of hydrogen-bond acceptors (Lipinski definition) is 6. The van der Waals surface area contributed by atoms with Gasteiger partial charge < -0.3 is 14.6 Å². The largest absolute Gasteiger partial charge is 0.508 e. The molecule has 0 aromatic heterocycles. The van der Waals surface area contributed by atoms with E-state index in [9.17, 15) is 9.90 Å². The first kappa shape index (κ1) is 28.3. The lowest BCUT2D eigenvalue weighted by Gasteiger charge is -2.60. The highest BCUT2D eigenvalue weighted by Gasteiger charge is 2.66. The minimum atomic E-state index is -0.387. The van der Waals surface area contributed by atoms with E-state index < -0.39 is 0 Å². The second kappa shape index (κ2) is 11.8. The molecule has 220 valence electrons. The number of ether oxygens (including phenoxy) is 2. The Morgan fingerprint density at radius 3 is 2.78 bits per heavy atom. The van der Waals surface area contributed by atoms with Gasteiger partial charge in [-0.15, -0.1) is 6.58 Å². The van der Waals surface area contributed by atoms with Gasteiger partial charge in [0.2, 0.25) is 0 Å². The van der Waals surface area contributed by atoms with E-state index in [0.29, 0.717) is 29.5 Å². The van der Waals surface area contributed by atoms with Gasteiger partial charge in [0.05, 0.1) is 0 Å². The molecule has 2 bridgehead atoms. The van der Waals surface area contributed by atoms with Crippen molar-refractivity contribution in [3.63, 3.8) is 0 Å². The number of benzene rings is 2. The number of piperidine rings is 1. The molecule has 1 saturated heterocycles. The van der Waals surface area contributed by atoms with Crippen LogP contribution in [-0.2, 0) is 23.1 Å². The van der Waals surface area contributed by atoms with Crippen LogP contribution in [0.5, 0.6) is 17.2 Å². The Bertz CT molecular complexity index is 1260. The normalized spacial score (nSPS) is 27.8. The Hall–Kier alpha value is -2.83. The Labute approximate surface area is 245 Å². The summed E-state index contributed by atoms with van der Waals surface area (Å²) in [6.07, 6.45) is 12.1. The van der Waals surface area contributed by atoms with E-state index >= 15 is 0 Å². The number of rotatable bonds is 12. The monoisotopic (exact) mass is 558 g/mol. The van der Waals surface area contributed by atoms with Crippen LogP contribution in [0.25, 0.3) is 0 Å². The third-order valence-corrected chi connectivity index (χ3v) is 10.5. The Morgan fingerprint density at radius 2 is 2.02 bits per heavy atom. The van der Waals surface area contributed by atoms with Gasteiger partial charge in [-0.25, -0.2) is 0 Å². The molecule has 6 rings (SSSR count). The number of unbranched alkanes of at least 4 members (excludes halogenated alkanes) is 3. The van der Waals surface area contributed by atoms with E-state index in [2.05, 4.69) is 53.6 Å². The van der Waals surface area contributed by atoms with Crippen molar-refractivity contribution in [1.29, 1.82) is 0 Å². The number of carbonyl (C=O) groups is 1. The van der Waals surface area contributed by atoms with Crippen molar-refractivity contribution in [2.45, 2.75) is 95.2 Å². The van der Waals surface area contributed by atoms with Crippen molar-refractivity contribution < 1.29 is 19.4 Å². The number of carbonyl (C=O) groups excluding carboxylic acids is 1. The maximum absolute atomic E-state index is 12.0. The number of phenols is 1. The average Bonchev–Trinajstić information content (AvgIpc) is 3.31. The van der Waals surface area contributed by atoms with E-state index in [1.165, 1.54) is 38.2 Å². The van der Waals surface area contributed by atoms with Gasteiger partial charge in [-0.2, -0.15) is 0 Å². The quantitative estimate of drug-likeness (QED) is 0.148. The molecule has 1 saturated carbocycles. The minimum absolute atomic E-state index is 0.00202. The molecule has 41 heavy (non-hydrogen) atoms. The molecule has 0 unspecified atom stereocenters. The van der Waals surface area contributed by atoms with E-state index in [0.717, 1.165) is 69.4 Å². The van der Waals surface area contributed by atoms with Crippen LogP contribution in [0, 0.1) is 5.92 Å². The predicted molar refractivity (Wildman–Crippen MR) is 162 cm³/mol. The van der Waals surface area contributed by atoms with Crippen LogP contribution in [0.3, 0.4) is 0 Å². The SMILES string of the molecule is C=CCN1CC[C@]23c4c5c(O)cc(OC(C)=O)c4O[C@H]2[C@@H](N(CC)CCCCCCc2ccccc2)CC[C@H]3[C@H]1C5. The maximum atomic E-state index is 12.0. The first-order valence-corrected chi connectivity index (χ1v) is 15.8. The van der Waals surface area contributed by atoms with Crippen molar-refractivity contribution >= 4 is 5.97 Å². The molecule has 2 aromatic carbocycles. The molecule has 0 radical (unpaired) electrons. The van der Waals surface area contributed by atoms with E-state index in [-0.39, 0.29) is 23.2 Å². The third kappa shape index (κ3) is 4.97. The molecule has 5 atom stereocenters. The predicted octanol–water partition coefficient (Wildman–Crippen LogP) is 6.04. The lowest BCUT2D eigenvalue weighted by Crippen LogP contribution is -2.68. The highest BCUT2D eigenvalue weighted by molar-refractivity contribution is 5.73. The van der Waals surface area contributed by atoms with E-state index in [1.807, 2.05) is 6.08 Å². The molecule has 2 fully saturated rings. The molecule has 2 aliphatic carbocycles. The molecule has 0 amide bonds. The van der Waals surface area contributed by atoms with Crippen molar-refractivity contribution in [1.82, 2.24) is 9.80 Å². The van der Waals surface area contributed by atoms with Crippen LogP contribution in [0.2, 0.25) is 0 Å². The Morgan fingerprint density at radius 1 is 1.22 bits per heavy atom. The molecule has 2 aliphatic heterocycles. The third-order valence-electron chi connectivity index (χ3n) is 10.5. The fraction of sp³-hybridized carbons (Fsp3) is 0.571. The van der Waals surface area contributed by atoms with Gasteiger partial charge in [-0.05, 0) is 76.1 Å². The van der Waals surface area contributed by atoms with Gasteiger partial charge >= 0.3 is 5.97 Å². The fourth-order valence-electron chi connectivity index (χ4n) is 8.85. The van der Waals surface area contributed by atoms with Gasteiger partial charge in [0.25, 0.3) is 0 Å². The highest BCUT2D eigenvalue weighted by atomic mass is 16.6. The molecule has 4 aliphatic rings. The summed E-state index contributed by atoms with van der Waals surface area (Å²) in [5.74, 6) is 1.39. The van der Waals surface area contributed by atoms with E-state index in [4.69, 9.17) is 9.47 Å². The summed E-state index contributed by atoms with van der Waals surface area (Å²) in [7, 11) is 0. The number of likely N-dealkylation sites (tertiary alicyclic amines) is 1. The molecule has 6 heteroatoms. The summed E-state index contributed by atoms with van der Waals surface area (Å²) >= 11 is 0. The number of hydrogen-bond donors (Lipinski definition) is 1. The molecule has 1 spiro atoms. The Kier molecular flexibility index (Phi) is 8.15. The zero-order valence-corrected chi connectivity index (χ0v) is 24.8. The van der Waals surface area contributed by atoms with Crippen LogP contribution >= 0.6 is 0 Å². The van der Waals surface area contributed by atoms with Gasteiger partial charge in [0.15, 0.2) is 11.5 Å². The molecule has 6 nitrogen and oxygen atoms in total. The van der Waals surface area contributed by atoms with E-state index in [1.54, 1.807) is 6.07 Å². The Balaban J connectivity index is 1.23. The fourth-order valence-corrected chi connectivity index (χ4v) is 8.85. The molecular formula is C35H46N2O4. The van der Waals surface area contributed by atoms with Crippen molar-refractivity contribution in [2.75, 3.05) is 26.2 Å².